The predicted molar refractivity (Wildman–Crippen MR) is 73.0 cm³/mol. The lowest BCUT2D eigenvalue weighted by Crippen LogP contribution is -2.21. The Morgan fingerprint density at radius 3 is 2.88 bits per heavy atom. The fourth-order valence-electron chi connectivity index (χ4n) is 2.00. The molecule has 0 aliphatic heterocycles. The van der Waals surface area contributed by atoms with Crippen LogP contribution in [0.2, 0.25) is 0 Å². The van der Waals surface area contributed by atoms with Crippen molar-refractivity contribution in [3.05, 3.63) is 54.7 Å². The zero-order valence-electron chi connectivity index (χ0n) is 10.2. The van der Waals surface area contributed by atoms with E-state index < -0.39 is 0 Å². The van der Waals surface area contributed by atoms with Gasteiger partial charge in [0.1, 0.15) is 0 Å². The minimum atomic E-state index is 0.266. The smallest absolute Gasteiger partial charge is 0.0706 e. The molecule has 2 nitrogen and oxygen atoms in total. The summed E-state index contributed by atoms with van der Waals surface area (Å²) >= 11 is 0. The highest BCUT2D eigenvalue weighted by atomic mass is 14.9. The average Bonchev–Trinajstić information content (AvgIpc) is 2.38. The number of hydrogen-bond donors (Lipinski definition) is 1. The first kappa shape index (κ1) is 11.8. The molecule has 0 fully saturated rings. The van der Waals surface area contributed by atoms with Crippen LogP contribution in [0.5, 0.6) is 0 Å². The highest BCUT2D eigenvalue weighted by molar-refractivity contribution is 5.78. The maximum absolute atomic E-state index is 4.70. The molecule has 0 saturated heterocycles. The standard InChI is InChI=1S/C15H18N2/c1-3-7-14(16-4-2)15-11-10-12-8-5-6-9-13(12)17-15/h3,5-6,8-11,14,16H,1,4,7H2,2H3. The van der Waals surface area contributed by atoms with Gasteiger partial charge >= 0.3 is 0 Å². The van der Waals surface area contributed by atoms with E-state index >= 15 is 0 Å². The normalized spacial score (nSPS) is 12.5. The number of pyridine rings is 1. The van der Waals surface area contributed by atoms with Crippen LogP contribution in [-0.4, -0.2) is 11.5 Å². The monoisotopic (exact) mass is 226 g/mol. The highest BCUT2D eigenvalue weighted by Crippen LogP contribution is 2.19. The Morgan fingerprint density at radius 1 is 1.29 bits per heavy atom. The first-order chi connectivity index (χ1) is 8.35. The first-order valence-corrected chi connectivity index (χ1v) is 6.05. The van der Waals surface area contributed by atoms with Crippen LogP contribution in [0.4, 0.5) is 0 Å². The zero-order chi connectivity index (χ0) is 12.1. The summed E-state index contributed by atoms with van der Waals surface area (Å²) in [7, 11) is 0. The summed E-state index contributed by atoms with van der Waals surface area (Å²) < 4.78 is 0. The van der Waals surface area contributed by atoms with Gasteiger partial charge in [0.25, 0.3) is 0 Å². The number of para-hydroxylation sites is 1. The van der Waals surface area contributed by atoms with Crippen LogP contribution in [0.15, 0.2) is 49.1 Å². The number of hydrogen-bond acceptors (Lipinski definition) is 2. The van der Waals surface area contributed by atoms with Gasteiger partial charge in [0.2, 0.25) is 0 Å². The molecule has 1 aromatic carbocycles. The Labute approximate surface area is 102 Å². The molecular formula is C15H18N2. The van der Waals surface area contributed by atoms with Crippen molar-refractivity contribution in [3.63, 3.8) is 0 Å². The molecule has 1 heterocycles. The van der Waals surface area contributed by atoms with Gasteiger partial charge in [0.05, 0.1) is 17.3 Å². The van der Waals surface area contributed by atoms with Crippen LogP contribution >= 0.6 is 0 Å². The summed E-state index contributed by atoms with van der Waals surface area (Å²) in [6.07, 6.45) is 2.84. The van der Waals surface area contributed by atoms with Gasteiger partial charge in [-0.25, -0.2) is 0 Å². The molecule has 0 radical (unpaired) electrons. The minimum absolute atomic E-state index is 0.266. The largest absolute Gasteiger partial charge is 0.309 e. The molecule has 0 saturated carbocycles. The molecule has 0 spiro atoms. The quantitative estimate of drug-likeness (QED) is 0.790. The van der Waals surface area contributed by atoms with Gasteiger partial charge in [-0.1, -0.05) is 37.3 Å². The van der Waals surface area contributed by atoms with Gasteiger partial charge in [0, 0.05) is 5.39 Å². The van der Waals surface area contributed by atoms with Crippen molar-refractivity contribution in [2.75, 3.05) is 6.54 Å². The number of benzene rings is 1. The SMILES string of the molecule is C=CCC(NCC)c1ccc2ccccc2n1. The Morgan fingerprint density at radius 2 is 2.12 bits per heavy atom. The molecule has 2 rings (SSSR count). The molecular weight excluding hydrogens is 208 g/mol. The molecule has 1 atom stereocenters. The summed E-state index contributed by atoms with van der Waals surface area (Å²) in [6, 6.07) is 12.7. The molecule has 1 aromatic heterocycles. The first-order valence-electron chi connectivity index (χ1n) is 6.05. The number of aromatic nitrogens is 1. The number of nitrogens with zero attached hydrogens (tertiary/aromatic N) is 1. The van der Waals surface area contributed by atoms with Crippen LogP contribution in [0.3, 0.4) is 0 Å². The Hall–Kier alpha value is -1.67. The van der Waals surface area contributed by atoms with Crippen molar-refractivity contribution < 1.29 is 0 Å². The number of rotatable bonds is 5. The third-order valence-corrected chi connectivity index (χ3v) is 2.83. The van der Waals surface area contributed by atoms with E-state index in [1.807, 2.05) is 18.2 Å². The molecule has 2 heteroatoms. The fraction of sp³-hybridized carbons (Fsp3) is 0.267. The second-order valence-corrected chi connectivity index (χ2v) is 4.06. The predicted octanol–water partition coefficient (Wildman–Crippen LogP) is 3.46. The topological polar surface area (TPSA) is 24.9 Å². The van der Waals surface area contributed by atoms with Crippen LogP contribution in [-0.2, 0) is 0 Å². The molecule has 2 aromatic rings. The third-order valence-electron chi connectivity index (χ3n) is 2.83. The zero-order valence-corrected chi connectivity index (χ0v) is 10.2. The molecule has 1 unspecified atom stereocenters. The average molecular weight is 226 g/mol. The van der Waals surface area contributed by atoms with Crippen molar-refractivity contribution >= 4 is 10.9 Å². The van der Waals surface area contributed by atoms with E-state index in [0.717, 1.165) is 24.2 Å². The molecule has 1 N–H and O–H groups in total. The van der Waals surface area contributed by atoms with E-state index in [0.29, 0.717) is 0 Å². The van der Waals surface area contributed by atoms with Crippen molar-refractivity contribution in [2.24, 2.45) is 0 Å². The Balaban J connectivity index is 2.35. The molecule has 0 amide bonds. The summed E-state index contributed by atoms with van der Waals surface area (Å²) in [6.45, 7) is 6.85. The van der Waals surface area contributed by atoms with Gasteiger partial charge in [0.15, 0.2) is 0 Å². The Kier molecular flexibility index (Phi) is 3.89. The van der Waals surface area contributed by atoms with Gasteiger partial charge in [-0.3, -0.25) is 4.98 Å². The molecule has 0 aliphatic carbocycles. The van der Waals surface area contributed by atoms with Crippen LogP contribution < -0.4 is 5.32 Å². The second-order valence-electron chi connectivity index (χ2n) is 4.06. The Bertz CT molecular complexity index is 505. The van der Waals surface area contributed by atoms with Crippen molar-refractivity contribution in [3.8, 4) is 0 Å². The maximum Gasteiger partial charge on any atom is 0.0706 e. The highest BCUT2D eigenvalue weighted by Gasteiger charge is 2.09. The molecule has 17 heavy (non-hydrogen) atoms. The van der Waals surface area contributed by atoms with Gasteiger partial charge in [-0.05, 0) is 25.1 Å². The molecule has 0 bridgehead atoms. The van der Waals surface area contributed by atoms with Crippen molar-refractivity contribution in [1.82, 2.24) is 10.3 Å². The molecule has 88 valence electrons. The fourth-order valence-corrected chi connectivity index (χ4v) is 2.00. The second kappa shape index (κ2) is 5.60. The van der Waals surface area contributed by atoms with Gasteiger partial charge < -0.3 is 5.32 Å². The lowest BCUT2D eigenvalue weighted by atomic mass is 10.1. The van der Waals surface area contributed by atoms with E-state index in [2.05, 4.69) is 43.1 Å². The minimum Gasteiger partial charge on any atom is -0.309 e. The van der Waals surface area contributed by atoms with Gasteiger partial charge in [-0.15, -0.1) is 6.58 Å². The van der Waals surface area contributed by atoms with Crippen molar-refractivity contribution in [1.29, 1.82) is 0 Å². The lowest BCUT2D eigenvalue weighted by molar-refractivity contribution is 0.547. The van der Waals surface area contributed by atoms with Crippen molar-refractivity contribution in [2.45, 2.75) is 19.4 Å². The summed E-state index contributed by atoms with van der Waals surface area (Å²) in [5.41, 5.74) is 2.14. The van der Waals surface area contributed by atoms with Crippen LogP contribution in [0.25, 0.3) is 10.9 Å². The summed E-state index contributed by atoms with van der Waals surface area (Å²) in [5.74, 6) is 0. The van der Waals surface area contributed by atoms with Crippen LogP contribution in [0.1, 0.15) is 25.1 Å². The van der Waals surface area contributed by atoms with Crippen LogP contribution in [0, 0.1) is 0 Å². The number of fused-ring (bicyclic) bond motifs is 1. The van der Waals surface area contributed by atoms with Gasteiger partial charge in [-0.2, -0.15) is 0 Å². The number of nitrogens with one attached hydrogen (secondary N) is 1. The van der Waals surface area contributed by atoms with E-state index in [4.69, 9.17) is 4.98 Å². The molecule has 0 aliphatic rings. The summed E-state index contributed by atoms with van der Waals surface area (Å²) in [5, 5.41) is 4.62. The van der Waals surface area contributed by atoms with E-state index in [-0.39, 0.29) is 6.04 Å². The lowest BCUT2D eigenvalue weighted by Gasteiger charge is -2.15. The van der Waals surface area contributed by atoms with E-state index in [9.17, 15) is 0 Å². The third kappa shape index (κ3) is 2.71. The van der Waals surface area contributed by atoms with E-state index in [1.54, 1.807) is 0 Å². The maximum atomic E-state index is 4.70. The van der Waals surface area contributed by atoms with E-state index in [1.165, 1.54) is 5.39 Å². The summed E-state index contributed by atoms with van der Waals surface area (Å²) in [4.78, 5) is 4.70.